The molecule has 0 fully saturated rings. The van der Waals surface area contributed by atoms with Gasteiger partial charge in [-0.1, -0.05) is 30.8 Å². The highest BCUT2D eigenvalue weighted by Gasteiger charge is 2.28. The molecule has 0 bridgehead atoms. The number of ether oxygens (including phenoxy) is 1. The molecule has 0 aliphatic rings. The fraction of sp³-hybridized carbons (Fsp3) is 0.269. The molecule has 0 saturated carbocycles. The van der Waals surface area contributed by atoms with Crippen molar-refractivity contribution < 1.29 is 27.4 Å². The summed E-state index contributed by atoms with van der Waals surface area (Å²) in [5.74, 6) is -7.56. The second-order valence-corrected chi connectivity index (χ2v) is 8.71. The highest BCUT2D eigenvalue weighted by Crippen LogP contribution is 2.29. The SMILES string of the molecule is C=C(COc1c(F)c(F)cc(F)c1F)C(CC)n1cc([C@](C)(O)NCc2ccc3ncccc3c2)nn1. The Morgan fingerprint density at radius 2 is 1.89 bits per heavy atom. The van der Waals surface area contributed by atoms with Crippen molar-refractivity contribution in [2.75, 3.05) is 6.61 Å². The van der Waals surface area contributed by atoms with Crippen molar-refractivity contribution in [3.05, 3.63) is 95.5 Å². The average Bonchev–Trinajstić information content (AvgIpc) is 3.37. The first-order valence-corrected chi connectivity index (χ1v) is 11.5. The Balaban J connectivity index is 1.43. The summed E-state index contributed by atoms with van der Waals surface area (Å²) >= 11 is 0. The highest BCUT2D eigenvalue weighted by molar-refractivity contribution is 5.78. The molecule has 7 nitrogen and oxygen atoms in total. The third-order valence-electron chi connectivity index (χ3n) is 5.96. The predicted octanol–water partition coefficient (Wildman–Crippen LogP) is 4.92. The number of pyridine rings is 1. The van der Waals surface area contributed by atoms with Crippen LogP contribution in [0.15, 0.2) is 60.9 Å². The van der Waals surface area contributed by atoms with Crippen molar-refractivity contribution in [1.82, 2.24) is 25.3 Å². The van der Waals surface area contributed by atoms with Crippen LogP contribution in [-0.4, -0.2) is 31.7 Å². The summed E-state index contributed by atoms with van der Waals surface area (Å²) < 4.78 is 61.2. The second kappa shape index (κ2) is 10.7. The van der Waals surface area contributed by atoms with E-state index >= 15 is 0 Å². The molecule has 1 unspecified atom stereocenters. The molecular weight excluding hydrogens is 490 g/mol. The minimum Gasteiger partial charge on any atom is -0.483 e. The summed E-state index contributed by atoms with van der Waals surface area (Å²) in [6, 6.07) is 9.14. The summed E-state index contributed by atoms with van der Waals surface area (Å²) in [5.41, 5.74) is 0.803. The van der Waals surface area contributed by atoms with E-state index in [1.807, 2.05) is 37.3 Å². The minimum atomic E-state index is -1.63. The molecule has 2 N–H and O–H groups in total. The maximum atomic E-state index is 13.9. The zero-order valence-electron chi connectivity index (χ0n) is 20.2. The zero-order chi connectivity index (χ0) is 26.7. The summed E-state index contributed by atoms with van der Waals surface area (Å²) in [4.78, 5) is 4.29. The molecule has 0 aliphatic heterocycles. The number of aromatic nitrogens is 4. The molecule has 37 heavy (non-hydrogen) atoms. The van der Waals surface area contributed by atoms with Crippen LogP contribution in [0, 0.1) is 23.3 Å². The van der Waals surface area contributed by atoms with Crippen LogP contribution >= 0.6 is 0 Å². The summed E-state index contributed by atoms with van der Waals surface area (Å²) in [5, 5.41) is 23.1. The topological polar surface area (TPSA) is 85.1 Å². The molecule has 2 aromatic carbocycles. The van der Waals surface area contributed by atoms with Gasteiger partial charge in [-0.3, -0.25) is 10.3 Å². The van der Waals surface area contributed by atoms with Gasteiger partial charge in [0.1, 0.15) is 12.3 Å². The quantitative estimate of drug-likeness (QED) is 0.135. The molecule has 0 saturated heterocycles. The number of hydrogen-bond donors (Lipinski definition) is 2. The summed E-state index contributed by atoms with van der Waals surface area (Å²) in [7, 11) is 0. The molecule has 0 spiro atoms. The third kappa shape index (κ3) is 5.62. The van der Waals surface area contributed by atoms with Crippen LogP contribution in [-0.2, 0) is 12.3 Å². The van der Waals surface area contributed by atoms with Crippen LogP contribution in [0.5, 0.6) is 5.75 Å². The van der Waals surface area contributed by atoms with Gasteiger partial charge in [0.25, 0.3) is 0 Å². The van der Waals surface area contributed by atoms with Crippen molar-refractivity contribution in [1.29, 1.82) is 0 Å². The van der Waals surface area contributed by atoms with Gasteiger partial charge in [0.2, 0.25) is 11.6 Å². The number of benzene rings is 2. The second-order valence-electron chi connectivity index (χ2n) is 8.71. The minimum absolute atomic E-state index is 0.106. The number of halogens is 4. The molecule has 0 aliphatic carbocycles. The lowest BCUT2D eigenvalue weighted by molar-refractivity contribution is 0.0134. The van der Waals surface area contributed by atoms with Gasteiger partial charge in [-0.15, -0.1) is 5.10 Å². The average molecular weight is 516 g/mol. The van der Waals surface area contributed by atoms with Gasteiger partial charge in [-0.05, 0) is 42.7 Å². The van der Waals surface area contributed by atoms with E-state index in [9.17, 15) is 22.7 Å². The van der Waals surface area contributed by atoms with Crippen molar-refractivity contribution in [3.63, 3.8) is 0 Å². The zero-order valence-corrected chi connectivity index (χ0v) is 20.2. The number of nitrogens with one attached hydrogen (secondary N) is 1. The summed E-state index contributed by atoms with van der Waals surface area (Å²) in [6.45, 7) is 7.11. The van der Waals surface area contributed by atoms with Gasteiger partial charge < -0.3 is 9.84 Å². The Morgan fingerprint density at radius 1 is 1.16 bits per heavy atom. The highest BCUT2D eigenvalue weighted by atomic mass is 19.2. The number of aliphatic hydroxyl groups is 1. The molecular formula is C26H25F4N5O2. The van der Waals surface area contributed by atoms with Crippen molar-refractivity contribution >= 4 is 10.9 Å². The molecule has 2 atom stereocenters. The van der Waals surface area contributed by atoms with Gasteiger partial charge in [0.15, 0.2) is 23.1 Å². The monoisotopic (exact) mass is 515 g/mol. The molecule has 4 aromatic rings. The van der Waals surface area contributed by atoms with Gasteiger partial charge in [-0.25, -0.2) is 13.5 Å². The first-order valence-electron chi connectivity index (χ1n) is 11.5. The normalized spacial score (nSPS) is 13.9. The third-order valence-corrected chi connectivity index (χ3v) is 5.96. The first kappa shape index (κ1) is 26.2. The molecule has 0 radical (unpaired) electrons. The van der Waals surface area contributed by atoms with E-state index in [-0.39, 0.29) is 11.8 Å². The molecule has 194 valence electrons. The number of nitrogens with zero attached hydrogens (tertiary/aromatic N) is 4. The lowest BCUT2D eigenvalue weighted by Gasteiger charge is -2.23. The number of rotatable bonds is 10. The fourth-order valence-electron chi connectivity index (χ4n) is 3.85. The number of fused-ring (bicyclic) bond motifs is 1. The van der Waals surface area contributed by atoms with Crippen molar-refractivity contribution in [2.45, 2.75) is 38.6 Å². The van der Waals surface area contributed by atoms with E-state index in [4.69, 9.17) is 4.74 Å². The first-order chi connectivity index (χ1) is 17.6. The van der Waals surface area contributed by atoms with Crippen molar-refractivity contribution in [3.8, 4) is 5.75 Å². The van der Waals surface area contributed by atoms with Gasteiger partial charge >= 0.3 is 0 Å². The molecule has 2 aromatic heterocycles. The van der Waals surface area contributed by atoms with E-state index in [0.717, 1.165) is 16.5 Å². The molecule has 11 heteroatoms. The lowest BCUT2D eigenvalue weighted by atomic mass is 10.1. The Kier molecular flexibility index (Phi) is 7.55. The van der Waals surface area contributed by atoms with Crippen LogP contribution in [0.3, 0.4) is 0 Å². The predicted molar refractivity (Wildman–Crippen MR) is 128 cm³/mol. The van der Waals surface area contributed by atoms with E-state index in [0.29, 0.717) is 18.5 Å². The lowest BCUT2D eigenvalue weighted by Crippen LogP contribution is -2.39. The van der Waals surface area contributed by atoms with E-state index in [1.54, 1.807) is 6.20 Å². The Bertz CT molecular complexity index is 1410. The van der Waals surface area contributed by atoms with Crippen LogP contribution < -0.4 is 10.1 Å². The van der Waals surface area contributed by atoms with E-state index in [2.05, 4.69) is 27.2 Å². The van der Waals surface area contributed by atoms with Gasteiger partial charge in [0.05, 0.1) is 17.8 Å². The molecule has 0 amide bonds. The summed E-state index contributed by atoms with van der Waals surface area (Å²) in [6.07, 6.45) is 3.67. The Labute approximate surface area is 210 Å². The van der Waals surface area contributed by atoms with Gasteiger partial charge in [0, 0.05) is 24.2 Å². The number of hydrogen-bond acceptors (Lipinski definition) is 6. The smallest absolute Gasteiger partial charge is 0.203 e. The Morgan fingerprint density at radius 3 is 2.59 bits per heavy atom. The van der Waals surface area contributed by atoms with Crippen molar-refractivity contribution in [2.24, 2.45) is 0 Å². The van der Waals surface area contributed by atoms with Crippen LogP contribution in [0.2, 0.25) is 0 Å². The molecule has 4 rings (SSSR count). The van der Waals surface area contributed by atoms with E-state index < -0.39 is 47.4 Å². The standard InChI is InChI=1S/C26H25F4N5O2/c1-4-21(15(2)14-37-25-23(29)18(27)11-19(28)24(25)30)35-13-22(33-34-35)26(3,36)32-12-16-7-8-20-17(10-16)6-5-9-31-20/h5-11,13,21,32,36H,2,4,12,14H2,1,3H3/t21?,26-/m0/s1. The van der Waals surface area contributed by atoms with Crippen LogP contribution in [0.1, 0.15) is 37.6 Å². The molecule has 2 heterocycles. The largest absolute Gasteiger partial charge is 0.483 e. The maximum absolute atomic E-state index is 13.9. The van der Waals surface area contributed by atoms with Gasteiger partial charge in [-0.2, -0.15) is 8.78 Å². The van der Waals surface area contributed by atoms with E-state index in [1.165, 1.54) is 17.8 Å². The van der Waals surface area contributed by atoms with Crippen LogP contribution in [0.25, 0.3) is 10.9 Å². The van der Waals surface area contributed by atoms with Crippen LogP contribution in [0.4, 0.5) is 17.6 Å². The Hall–Kier alpha value is -3.83. The fourth-order valence-corrected chi connectivity index (χ4v) is 3.85. The maximum Gasteiger partial charge on any atom is 0.203 e.